The van der Waals surface area contributed by atoms with Crippen molar-refractivity contribution in [3.05, 3.63) is 0 Å². The van der Waals surface area contributed by atoms with E-state index in [0.717, 1.165) is 0 Å². The third-order valence-corrected chi connectivity index (χ3v) is 1.71. The van der Waals surface area contributed by atoms with Gasteiger partial charge < -0.3 is 19.7 Å². The van der Waals surface area contributed by atoms with Crippen molar-refractivity contribution in [1.82, 2.24) is 0 Å². The van der Waals surface area contributed by atoms with E-state index in [1.54, 1.807) is 13.8 Å². The van der Waals surface area contributed by atoms with Gasteiger partial charge in [-0.05, 0) is 13.8 Å². The Kier molecular flexibility index (Phi) is 7.49. The maximum absolute atomic E-state index is 11.1. The number of carbonyl (C=O) groups excluding carboxylic acids is 2. The van der Waals surface area contributed by atoms with Gasteiger partial charge in [-0.2, -0.15) is 0 Å². The normalized spacial score (nSPS) is 14.0. The van der Waals surface area contributed by atoms with Crippen molar-refractivity contribution in [2.24, 2.45) is 0 Å². The molecule has 0 aromatic heterocycles. The first kappa shape index (κ1) is 14.9. The monoisotopic (exact) mass is 234 g/mol. The molecule has 16 heavy (non-hydrogen) atoms. The highest BCUT2D eigenvalue weighted by Gasteiger charge is 2.13. The summed E-state index contributed by atoms with van der Waals surface area (Å²) in [6, 6.07) is 0. The molecule has 0 amide bonds. The number of esters is 2. The van der Waals surface area contributed by atoms with Crippen LogP contribution in [0, 0.1) is 0 Å². The minimum atomic E-state index is -0.570. The van der Waals surface area contributed by atoms with Gasteiger partial charge in [-0.15, -0.1) is 0 Å². The van der Waals surface area contributed by atoms with Gasteiger partial charge in [0.15, 0.2) is 0 Å². The van der Waals surface area contributed by atoms with E-state index in [1.165, 1.54) is 0 Å². The summed E-state index contributed by atoms with van der Waals surface area (Å²) < 4.78 is 9.47. The van der Waals surface area contributed by atoms with Crippen molar-refractivity contribution in [2.75, 3.05) is 13.2 Å². The van der Waals surface area contributed by atoms with Crippen LogP contribution in [0.3, 0.4) is 0 Å². The largest absolute Gasteiger partial charge is 0.460 e. The van der Waals surface area contributed by atoms with Crippen molar-refractivity contribution < 1.29 is 29.3 Å². The van der Waals surface area contributed by atoms with Crippen LogP contribution >= 0.6 is 0 Å². The van der Waals surface area contributed by atoms with Crippen LogP contribution in [-0.2, 0) is 19.1 Å². The zero-order valence-corrected chi connectivity index (χ0v) is 9.51. The molecule has 0 radical (unpaired) electrons. The molecule has 94 valence electrons. The van der Waals surface area contributed by atoms with Crippen LogP contribution in [0.1, 0.15) is 26.7 Å². The molecule has 0 rings (SSSR count). The van der Waals surface area contributed by atoms with Crippen molar-refractivity contribution >= 4 is 11.9 Å². The molecular formula is C10H18O6. The average molecular weight is 234 g/mol. The summed E-state index contributed by atoms with van der Waals surface area (Å²) in [7, 11) is 0. The molecule has 0 aliphatic heterocycles. The predicted octanol–water partition coefficient (Wildman–Crippen LogP) is -0.385. The zero-order valence-electron chi connectivity index (χ0n) is 9.51. The van der Waals surface area contributed by atoms with E-state index >= 15 is 0 Å². The Balaban J connectivity index is 3.71. The molecule has 2 N–H and O–H groups in total. The lowest BCUT2D eigenvalue weighted by Gasteiger charge is -2.11. The molecule has 6 nitrogen and oxygen atoms in total. The Morgan fingerprint density at radius 3 is 1.50 bits per heavy atom. The Labute approximate surface area is 94.2 Å². The molecule has 0 aliphatic rings. The van der Waals surface area contributed by atoms with Gasteiger partial charge in [0, 0.05) is 0 Å². The molecule has 0 saturated carbocycles. The van der Waals surface area contributed by atoms with Crippen LogP contribution in [0.2, 0.25) is 0 Å². The molecular weight excluding hydrogens is 216 g/mol. The fourth-order valence-corrected chi connectivity index (χ4v) is 0.845. The Hall–Kier alpha value is -1.14. The number of aliphatic hydroxyl groups is 2. The van der Waals surface area contributed by atoms with Crippen LogP contribution in [-0.4, -0.2) is 47.6 Å². The van der Waals surface area contributed by atoms with Crippen LogP contribution < -0.4 is 0 Å². The van der Waals surface area contributed by atoms with Gasteiger partial charge in [-0.25, -0.2) is 0 Å². The van der Waals surface area contributed by atoms with Gasteiger partial charge in [0.25, 0.3) is 0 Å². The number of ether oxygens (including phenoxy) is 2. The average Bonchev–Trinajstić information content (AvgIpc) is 2.26. The first-order valence-electron chi connectivity index (χ1n) is 5.10. The maximum atomic E-state index is 11.1. The number of hydrogen-bond donors (Lipinski definition) is 2. The summed E-state index contributed by atoms with van der Waals surface area (Å²) in [6.07, 6.45) is -1.33. The summed E-state index contributed by atoms with van der Waals surface area (Å²) >= 11 is 0. The zero-order chi connectivity index (χ0) is 12.6. The van der Waals surface area contributed by atoms with Crippen molar-refractivity contribution in [2.45, 2.75) is 38.9 Å². The van der Waals surface area contributed by atoms with Crippen molar-refractivity contribution in [1.29, 1.82) is 0 Å². The van der Waals surface area contributed by atoms with E-state index in [4.69, 9.17) is 19.7 Å². The fraction of sp³-hybridized carbons (Fsp3) is 0.800. The minimum absolute atomic E-state index is 0.0959. The molecule has 0 bridgehead atoms. The second-order valence-electron chi connectivity index (χ2n) is 3.47. The SMILES string of the molecule is CC(CO)OC(=O)CCC(=O)OC(C)CO. The van der Waals surface area contributed by atoms with Crippen molar-refractivity contribution in [3.8, 4) is 0 Å². The molecule has 6 heteroatoms. The van der Waals surface area contributed by atoms with Crippen LogP contribution in [0.25, 0.3) is 0 Å². The standard InChI is InChI=1S/C10H18O6/c1-7(5-11)15-9(13)3-4-10(14)16-8(2)6-12/h7-8,11-12H,3-6H2,1-2H3. The highest BCUT2D eigenvalue weighted by Crippen LogP contribution is 2.01. The van der Waals surface area contributed by atoms with E-state index < -0.39 is 24.1 Å². The summed E-state index contributed by atoms with van der Waals surface area (Å²) in [4.78, 5) is 22.2. The Bertz CT molecular complexity index is 203. The topological polar surface area (TPSA) is 93.1 Å². The van der Waals surface area contributed by atoms with Crippen LogP contribution in [0.5, 0.6) is 0 Å². The van der Waals surface area contributed by atoms with Gasteiger partial charge in [0.05, 0.1) is 26.1 Å². The highest BCUT2D eigenvalue weighted by atomic mass is 16.6. The lowest BCUT2D eigenvalue weighted by Crippen LogP contribution is -2.21. The molecule has 0 aromatic rings. The fourth-order valence-electron chi connectivity index (χ4n) is 0.845. The lowest BCUT2D eigenvalue weighted by molar-refractivity contribution is -0.156. The Morgan fingerprint density at radius 1 is 0.938 bits per heavy atom. The van der Waals surface area contributed by atoms with Gasteiger partial charge in [-0.1, -0.05) is 0 Å². The number of rotatable bonds is 7. The molecule has 2 unspecified atom stereocenters. The molecule has 0 aromatic carbocycles. The van der Waals surface area contributed by atoms with E-state index in [1.807, 2.05) is 0 Å². The predicted molar refractivity (Wildman–Crippen MR) is 54.5 cm³/mol. The molecule has 0 aliphatic carbocycles. The van der Waals surface area contributed by atoms with Gasteiger partial charge in [0.1, 0.15) is 12.2 Å². The third-order valence-electron chi connectivity index (χ3n) is 1.71. The molecule has 0 saturated heterocycles. The highest BCUT2D eigenvalue weighted by molar-refractivity contribution is 5.77. The first-order chi connectivity index (χ1) is 7.49. The summed E-state index contributed by atoms with van der Waals surface area (Å²) in [6.45, 7) is 2.59. The van der Waals surface area contributed by atoms with E-state index in [9.17, 15) is 9.59 Å². The van der Waals surface area contributed by atoms with Gasteiger partial charge >= 0.3 is 11.9 Å². The second kappa shape index (κ2) is 8.06. The van der Waals surface area contributed by atoms with E-state index in [-0.39, 0.29) is 26.1 Å². The van der Waals surface area contributed by atoms with E-state index in [0.29, 0.717) is 0 Å². The van der Waals surface area contributed by atoms with Crippen LogP contribution in [0.15, 0.2) is 0 Å². The third kappa shape index (κ3) is 7.19. The second-order valence-corrected chi connectivity index (χ2v) is 3.47. The van der Waals surface area contributed by atoms with E-state index in [2.05, 4.69) is 0 Å². The smallest absolute Gasteiger partial charge is 0.306 e. The lowest BCUT2D eigenvalue weighted by atomic mass is 10.3. The molecule has 0 fully saturated rings. The quantitative estimate of drug-likeness (QED) is 0.583. The van der Waals surface area contributed by atoms with Gasteiger partial charge in [0.2, 0.25) is 0 Å². The summed E-state index contributed by atoms with van der Waals surface area (Å²) in [5.41, 5.74) is 0. The molecule has 0 spiro atoms. The number of aliphatic hydroxyl groups excluding tert-OH is 2. The summed E-state index contributed by atoms with van der Waals surface area (Å²) in [5, 5.41) is 17.2. The number of carbonyl (C=O) groups is 2. The molecule has 2 atom stereocenters. The number of hydrogen-bond acceptors (Lipinski definition) is 6. The first-order valence-corrected chi connectivity index (χ1v) is 5.10. The van der Waals surface area contributed by atoms with Crippen LogP contribution in [0.4, 0.5) is 0 Å². The maximum Gasteiger partial charge on any atom is 0.306 e. The Morgan fingerprint density at radius 2 is 1.25 bits per heavy atom. The van der Waals surface area contributed by atoms with Crippen molar-refractivity contribution in [3.63, 3.8) is 0 Å². The molecule has 0 heterocycles. The minimum Gasteiger partial charge on any atom is -0.460 e. The van der Waals surface area contributed by atoms with Gasteiger partial charge in [-0.3, -0.25) is 9.59 Å². The summed E-state index contributed by atoms with van der Waals surface area (Å²) in [5.74, 6) is -1.12.